The lowest BCUT2D eigenvalue weighted by Gasteiger charge is -2.11. The highest BCUT2D eigenvalue weighted by Gasteiger charge is 2.22. The minimum atomic E-state index is -4.09. The number of non-ortho nitro benzene ring substituents is 1. The maximum atomic E-state index is 12.3. The van der Waals surface area contributed by atoms with Crippen molar-refractivity contribution in [3.8, 4) is 0 Å². The molecule has 0 unspecified atom stereocenters. The summed E-state index contributed by atoms with van der Waals surface area (Å²) in [6, 6.07) is 3.25. The molecule has 1 aromatic heterocycles. The number of hydrazine groups is 1. The van der Waals surface area contributed by atoms with Crippen LogP contribution in [-0.2, 0) is 10.0 Å². The van der Waals surface area contributed by atoms with E-state index in [1.807, 2.05) is 0 Å². The molecule has 0 saturated heterocycles. The van der Waals surface area contributed by atoms with E-state index in [1.54, 1.807) is 0 Å². The molecule has 0 bridgehead atoms. The summed E-state index contributed by atoms with van der Waals surface area (Å²) < 4.78 is 26.7. The van der Waals surface area contributed by atoms with E-state index in [2.05, 4.69) is 20.1 Å². The molecule has 4 N–H and O–H groups in total. The number of sulfonamides is 1. The molecule has 0 spiro atoms. The summed E-state index contributed by atoms with van der Waals surface area (Å²) in [6.07, 6.45) is 3.73. The predicted molar refractivity (Wildman–Crippen MR) is 73.7 cm³/mol. The Balaban J connectivity index is 2.48. The number of nitrogen functional groups attached to an aromatic ring is 1. The van der Waals surface area contributed by atoms with Crippen molar-refractivity contribution < 1.29 is 13.3 Å². The first-order valence-corrected chi connectivity index (χ1v) is 6.95. The molecule has 0 amide bonds. The number of nitrogens with one attached hydrogen (secondary N) is 2. The van der Waals surface area contributed by atoms with Gasteiger partial charge < -0.3 is 5.43 Å². The lowest BCUT2D eigenvalue weighted by molar-refractivity contribution is -0.385. The van der Waals surface area contributed by atoms with Gasteiger partial charge in [-0.25, -0.2) is 18.4 Å². The zero-order chi connectivity index (χ0) is 15.5. The van der Waals surface area contributed by atoms with Crippen molar-refractivity contribution in [3.05, 3.63) is 47.0 Å². The molecular weight excluding hydrogens is 300 g/mol. The molecule has 0 saturated carbocycles. The molecule has 0 aliphatic heterocycles. The van der Waals surface area contributed by atoms with Gasteiger partial charge >= 0.3 is 0 Å². The molecule has 2 aromatic rings. The third-order valence-electron chi connectivity index (χ3n) is 2.43. The molecule has 0 aliphatic carbocycles. The third-order valence-corrected chi connectivity index (χ3v) is 3.86. The van der Waals surface area contributed by atoms with Gasteiger partial charge in [0.15, 0.2) is 0 Å². The summed E-state index contributed by atoms with van der Waals surface area (Å²) >= 11 is 0. The summed E-state index contributed by atoms with van der Waals surface area (Å²) in [6.45, 7) is 0. The second-order valence-corrected chi connectivity index (χ2v) is 5.47. The highest BCUT2D eigenvalue weighted by molar-refractivity contribution is 7.92. The lowest BCUT2D eigenvalue weighted by atomic mass is 10.3. The van der Waals surface area contributed by atoms with Crippen molar-refractivity contribution in [2.75, 3.05) is 10.1 Å². The maximum absolute atomic E-state index is 12.3. The number of hydrogen-bond donors (Lipinski definition) is 3. The minimum Gasteiger partial charge on any atom is -0.323 e. The van der Waals surface area contributed by atoms with Crippen LogP contribution < -0.4 is 16.0 Å². The van der Waals surface area contributed by atoms with Crippen LogP contribution in [0.1, 0.15) is 0 Å². The summed E-state index contributed by atoms with van der Waals surface area (Å²) in [5, 5.41) is 10.8. The van der Waals surface area contributed by atoms with E-state index in [9.17, 15) is 18.5 Å². The van der Waals surface area contributed by atoms with E-state index in [0.29, 0.717) is 0 Å². The number of anilines is 2. The van der Waals surface area contributed by atoms with Crippen LogP contribution in [-0.4, -0.2) is 23.3 Å². The molecule has 0 atom stereocenters. The smallest absolute Gasteiger partial charge is 0.270 e. The Hall–Kier alpha value is -2.79. The molecule has 0 aliphatic rings. The van der Waals surface area contributed by atoms with Crippen LogP contribution in [0.3, 0.4) is 0 Å². The fourth-order valence-corrected chi connectivity index (χ4v) is 2.75. The largest absolute Gasteiger partial charge is 0.323 e. The van der Waals surface area contributed by atoms with Gasteiger partial charge in [0, 0.05) is 12.1 Å². The third kappa shape index (κ3) is 3.21. The van der Waals surface area contributed by atoms with Crippen molar-refractivity contribution in [3.63, 3.8) is 0 Å². The van der Waals surface area contributed by atoms with Crippen molar-refractivity contribution in [2.24, 2.45) is 5.84 Å². The number of nitrogens with zero attached hydrogens (tertiary/aromatic N) is 3. The standard InChI is InChI=1S/C10H10N6O4S/c11-14-9-2-1-8(16(17)18)3-10(9)21(19,20)15-7-4-12-6-13-5-7/h1-6,14-15H,11H2. The normalized spacial score (nSPS) is 10.9. The van der Waals surface area contributed by atoms with Gasteiger partial charge in [-0.05, 0) is 6.07 Å². The molecule has 0 radical (unpaired) electrons. The molecule has 0 fully saturated rings. The van der Waals surface area contributed by atoms with E-state index >= 15 is 0 Å². The van der Waals surface area contributed by atoms with Gasteiger partial charge in [-0.1, -0.05) is 0 Å². The first-order chi connectivity index (χ1) is 9.94. The molecular formula is C10H10N6O4S. The van der Waals surface area contributed by atoms with Crippen LogP contribution >= 0.6 is 0 Å². The number of benzene rings is 1. The zero-order valence-electron chi connectivity index (χ0n) is 10.4. The monoisotopic (exact) mass is 310 g/mol. The van der Waals surface area contributed by atoms with E-state index in [-0.39, 0.29) is 22.0 Å². The van der Waals surface area contributed by atoms with Crippen molar-refractivity contribution >= 4 is 27.1 Å². The molecule has 10 nitrogen and oxygen atoms in total. The van der Waals surface area contributed by atoms with Gasteiger partial charge in [-0.3, -0.25) is 20.7 Å². The van der Waals surface area contributed by atoms with Gasteiger partial charge in [-0.2, -0.15) is 0 Å². The van der Waals surface area contributed by atoms with Crippen LogP contribution in [0.2, 0.25) is 0 Å². The first-order valence-electron chi connectivity index (χ1n) is 5.47. The topological polar surface area (TPSA) is 153 Å². The minimum absolute atomic E-state index is 0.0185. The fraction of sp³-hybridized carbons (Fsp3) is 0. The summed E-state index contributed by atoms with van der Waals surface area (Å²) in [5.74, 6) is 5.23. The Morgan fingerprint density at radius 1 is 1.24 bits per heavy atom. The van der Waals surface area contributed by atoms with E-state index in [4.69, 9.17) is 5.84 Å². The molecule has 1 heterocycles. The maximum Gasteiger partial charge on any atom is 0.270 e. The zero-order valence-corrected chi connectivity index (χ0v) is 11.2. The average molecular weight is 310 g/mol. The highest BCUT2D eigenvalue weighted by atomic mass is 32.2. The van der Waals surface area contributed by atoms with Crippen molar-refractivity contribution in [1.29, 1.82) is 0 Å². The number of rotatable bonds is 5. The Kier molecular flexibility index (Phi) is 3.95. The van der Waals surface area contributed by atoms with E-state index in [0.717, 1.165) is 12.1 Å². The number of nitro groups is 1. The Morgan fingerprint density at radius 3 is 2.48 bits per heavy atom. The Morgan fingerprint density at radius 2 is 1.90 bits per heavy atom. The molecule has 2 rings (SSSR count). The number of hydrogen-bond acceptors (Lipinski definition) is 8. The van der Waals surface area contributed by atoms with Crippen LogP contribution in [0.5, 0.6) is 0 Å². The Labute approximate surface area is 119 Å². The summed E-state index contributed by atoms with van der Waals surface area (Å²) in [7, 11) is -4.09. The first kappa shape index (κ1) is 14.6. The van der Waals surface area contributed by atoms with Crippen molar-refractivity contribution in [2.45, 2.75) is 4.90 Å². The average Bonchev–Trinajstić information content (AvgIpc) is 2.47. The predicted octanol–water partition coefficient (Wildman–Crippen LogP) is 0.471. The fourth-order valence-electron chi connectivity index (χ4n) is 1.53. The van der Waals surface area contributed by atoms with E-state index < -0.39 is 14.9 Å². The van der Waals surface area contributed by atoms with Gasteiger partial charge in [0.1, 0.15) is 11.2 Å². The van der Waals surface area contributed by atoms with E-state index in [1.165, 1.54) is 24.8 Å². The second kappa shape index (κ2) is 5.68. The SMILES string of the molecule is NNc1ccc([N+](=O)[O-])cc1S(=O)(=O)Nc1cncnc1. The Bertz CT molecular complexity index is 764. The van der Waals surface area contributed by atoms with Crippen molar-refractivity contribution in [1.82, 2.24) is 9.97 Å². The van der Waals surface area contributed by atoms with Crippen LogP contribution in [0.15, 0.2) is 41.8 Å². The van der Waals surface area contributed by atoms with Crippen LogP contribution in [0.4, 0.5) is 17.1 Å². The van der Waals surface area contributed by atoms with Gasteiger partial charge in [0.2, 0.25) is 0 Å². The number of nitrogens with two attached hydrogens (primary N) is 1. The summed E-state index contributed by atoms with van der Waals surface area (Å²) in [5.41, 5.74) is 1.94. The summed E-state index contributed by atoms with van der Waals surface area (Å²) in [4.78, 5) is 17.0. The highest BCUT2D eigenvalue weighted by Crippen LogP contribution is 2.27. The molecule has 110 valence electrons. The van der Waals surface area contributed by atoms with Gasteiger partial charge in [-0.15, -0.1) is 0 Å². The number of nitro benzene ring substituents is 1. The van der Waals surface area contributed by atoms with Gasteiger partial charge in [0.25, 0.3) is 15.7 Å². The van der Waals surface area contributed by atoms with Gasteiger partial charge in [0.05, 0.1) is 28.7 Å². The van der Waals surface area contributed by atoms with Crippen LogP contribution in [0, 0.1) is 10.1 Å². The molecule has 1 aromatic carbocycles. The van der Waals surface area contributed by atoms with Crippen LogP contribution in [0.25, 0.3) is 0 Å². The quantitative estimate of drug-likeness (QED) is 0.409. The molecule has 21 heavy (non-hydrogen) atoms. The lowest BCUT2D eigenvalue weighted by Crippen LogP contribution is -2.18. The second-order valence-electron chi connectivity index (χ2n) is 3.81. The number of aromatic nitrogens is 2. The molecule has 11 heteroatoms.